The summed E-state index contributed by atoms with van der Waals surface area (Å²) < 4.78 is 48.4. The van der Waals surface area contributed by atoms with Crippen LogP contribution < -0.4 is 4.74 Å². The highest BCUT2D eigenvalue weighted by molar-refractivity contribution is 9.10. The smallest absolute Gasteiger partial charge is 0.282 e. The quantitative estimate of drug-likeness (QED) is 0.219. The number of fused-ring (bicyclic) bond motifs is 1. The van der Waals surface area contributed by atoms with Crippen LogP contribution in [0.1, 0.15) is 5.69 Å². The summed E-state index contributed by atoms with van der Waals surface area (Å²) in [6, 6.07) is 11.4. The third kappa shape index (κ3) is 4.08. The molecular weight excluding hydrogens is 501 g/mol. The van der Waals surface area contributed by atoms with Gasteiger partial charge in [-0.25, -0.2) is 9.97 Å². The zero-order valence-corrected chi connectivity index (χ0v) is 19.4. The average molecular weight is 518 g/mol. The van der Waals surface area contributed by atoms with E-state index in [0.29, 0.717) is 26.9 Å². The minimum atomic E-state index is -3.97. The van der Waals surface area contributed by atoms with Gasteiger partial charge in [-0.1, -0.05) is 15.9 Å². The first-order chi connectivity index (χ1) is 15.3. The van der Waals surface area contributed by atoms with Crippen molar-refractivity contribution in [3.05, 3.63) is 77.2 Å². The second kappa shape index (κ2) is 8.67. The predicted molar refractivity (Wildman–Crippen MR) is 122 cm³/mol. The fourth-order valence-corrected chi connectivity index (χ4v) is 4.70. The number of hydrogen-bond donors (Lipinski definition) is 0. The van der Waals surface area contributed by atoms with Crippen LogP contribution in [-0.2, 0) is 10.0 Å². The van der Waals surface area contributed by atoms with Gasteiger partial charge in [0, 0.05) is 35.0 Å². The number of rotatable bonds is 6. The molecule has 0 unspecified atom stereocenters. The van der Waals surface area contributed by atoms with Crippen LogP contribution in [0, 0.1) is 5.95 Å². The molecule has 0 aliphatic rings. The number of hydrogen-bond acceptors (Lipinski definition) is 6. The molecule has 32 heavy (non-hydrogen) atoms. The zero-order chi connectivity index (χ0) is 22.9. The molecule has 0 fully saturated rings. The van der Waals surface area contributed by atoms with Crippen LogP contribution in [0.5, 0.6) is 5.75 Å². The van der Waals surface area contributed by atoms with E-state index in [-0.39, 0.29) is 10.6 Å². The van der Waals surface area contributed by atoms with Crippen molar-refractivity contribution >= 4 is 37.8 Å². The lowest BCUT2D eigenvalue weighted by atomic mass is 10.1. The highest BCUT2D eigenvalue weighted by Gasteiger charge is 2.24. The zero-order valence-electron chi connectivity index (χ0n) is 17.0. The van der Waals surface area contributed by atoms with E-state index in [1.165, 1.54) is 32.6 Å². The van der Waals surface area contributed by atoms with Crippen molar-refractivity contribution in [3.63, 3.8) is 0 Å². The molecule has 4 aromatic rings. The molecule has 0 aliphatic carbocycles. The summed E-state index contributed by atoms with van der Waals surface area (Å²) in [7, 11) is -1.25. The van der Waals surface area contributed by atoms with Gasteiger partial charge in [0.2, 0.25) is 5.95 Å². The van der Waals surface area contributed by atoms with E-state index < -0.39 is 16.0 Å². The largest absolute Gasteiger partial charge is 0.495 e. The first kappa shape index (κ1) is 21.9. The number of benzene rings is 1. The van der Waals surface area contributed by atoms with Gasteiger partial charge in [-0.05, 0) is 42.5 Å². The Morgan fingerprint density at radius 3 is 2.78 bits per heavy atom. The Morgan fingerprint density at radius 2 is 2.03 bits per heavy atom. The summed E-state index contributed by atoms with van der Waals surface area (Å²) in [5.41, 5.74) is 2.04. The van der Waals surface area contributed by atoms with Crippen LogP contribution in [0.3, 0.4) is 0 Å². The minimum absolute atomic E-state index is 0.0264. The Kier molecular flexibility index (Phi) is 5.94. The van der Waals surface area contributed by atoms with Crippen molar-refractivity contribution in [1.82, 2.24) is 18.8 Å². The van der Waals surface area contributed by atoms with Gasteiger partial charge in [-0.15, -0.1) is 0 Å². The molecule has 0 atom stereocenters. The van der Waals surface area contributed by atoms with E-state index in [4.69, 9.17) is 4.74 Å². The topological polar surface area (TPSA) is 89.2 Å². The van der Waals surface area contributed by atoms with Crippen LogP contribution in [-0.4, -0.2) is 47.6 Å². The normalized spacial score (nSPS) is 11.9. The van der Waals surface area contributed by atoms with Crippen LogP contribution >= 0.6 is 15.9 Å². The standard InChI is InChI=1S/C21H17BrFN5O3S/c1-27(32(29,30)19-10-15(22)6-7-18(19)31-2)26-12-16-11-25-20-8-5-14(13-28(16)20)17-4-3-9-24-21(17)23/h3-13H,1-2H3/b26-12+. The lowest BCUT2D eigenvalue weighted by molar-refractivity contribution is 0.399. The minimum Gasteiger partial charge on any atom is -0.495 e. The van der Waals surface area contributed by atoms with Crippen molar-refractivity contribution in [1.29, 1.82) is 0 Å². The fourth-order valence-electron chi connectivity index (χ4n) is 3.05. The maximum Gasteiger partial charge on any atom is 0.282 e. The molecule has 4 rings (SSSR count). The molecule has 164 valence electrons. The molecule has 0 aliphatic heterocycles. The van der Waals surface area contributed by atoms with Gasteiger partial charge < -0.3 is 4.74 Å². The van der Waals surface area contributed by atoms with Crippen molar-refractivity contribution in [2.24, 2.45) is 5.10 Å². The van der Waals surface area contributed by atoms with E-state index in [1.54, 1.807) is 53.2 Å². The van der Waals surface area contributed by atoms with Crippen molar-refractivity contribution < 1.29 is 17.5 Å². The summed E-state index contributed by atoms with van der Waals surface area (Å²) in [6.45, 7) is 0. The van der Waals surface area contributed by atoms with Gasteiger partial charge in [0.05, 0.1) is 25.2 Å². The van der Waals surface area contributed by atoms with Crippen LogP contribution in [0.2, 0.25) is 0 Å². The van der Waals surface area contributed by atoms with E-state index in [0.717, 1.165) is 4.41 Å². The van der Waals surface area contributed by atoms with Gasteiger partial charge in [-0.3, -0.25) is 4.40 Å². The number of ether oxygens (including phenoxy) is 1. The molecule has 0 bridgehead atoms. The molecule has 3 aromatic heterocycles. The van der Waals surface area contributed by atoms with Crippen LogP contribution in [0.15, 0.2) is 75.5 Å². The van der Waals surface area contributed by atoms with E-state index in [9.17, 15) is 12.8 Å². The van der Waals surface area contributed by atoms with Gasteiger partial charge in [0.25, 0.3) is 10.0 Å². The molecule has 11 heteroatoms. The molecule has 0 amide bonds. The molecule has 0 N–H and O–H groups in total. The predicted octanol–water partition coefficient (Wildman–Crippen LogP) is 3.96. The third-order valence-corrected chi connectivity index (χ3v) is 6.87. The number of hydrazone groups is 1. The summed E-state index contributed by atoms with van der Waals surface area (Å²) >= 11 is 3.28. The molecule has 8 nitrogen and oxygen atoms in total. The summed E-state index contributed by atoms with van der Waals surface area (Å²) in [5.74, 6) is -0.385. The molecule has 3 heterocycles. The Morgan fingerprint density at radius 1 is 1.22 bits per heavy atom. The second-order valence-electron chi connectivity index (χ2n) is 6.65. The average Bonchev–Trinajstić information content (AvgIpc) is 3.19. The Labute approximate surface area is 192 Å². The lowest BCUT2D eigenvalue weighted by Gasteiger charge is -2.16. The number of methoxy groups -OCH3 is 1. The maximum atomic E-state index is 14.1. The molecule has 0 saturated heterocycles. The first-order valence-electron chi connectivity index (χ1n) is 9.25. The summed E-state index contributed by atoms with van der Waals surface area (Å²) in [4.78, 5) is 7.93. The Balaban J connectivity index is 1.69. The lowest BCUT2D eigenvalue weighted by Crippen LogP contribution is -2.22. The molecule has 1 aromatic carbocycles. The van der Waals surface area contributed by atoms with Gasteiger partial charge in [0.15, 0.2) is 0 Å². The fraction of sp³-hybridized carbons (Fsp3) is 0.0952. The first-order valence-corrected chi connectivity index (χ1v) is 11.5. The van der Waals surface area contributed by atoms with Crippen molar-refractivity contribution in [3.8, 4) is 16.9 Å². The van der Waals surface area contributed by atoms with Gasteiger partial charge in [-0.2, -0.15) is 22.3 Å². The van der Waals surface area contributed by atoms with Gasteiger partial charge >= 0.3 is 0 Å². The Hall–Kier alpha value is -3.31. The summed E-state index contributed by atoms with van der Waals surface area (Å²) in [5, 5.41) is 4.09. The number of imidazole rings is 1. The maximum absolute atomic E-state index is 14.1. The van der Waals surface area contributed by atoms with Crippen molar-refractivity contribution in [2.45, 2.75) is 4.90 Å². The number of aromatic nitrogens is 3. The number of halogens is 2. The highest BCUT2D eigenvalue weighted by atomic mass is 79.9. The van der Waals surface area contributed by atoms with Crippen molar-refractivity contribution in [2.75, 3.05) is 14.2 Å². The van der Waals surface area contributed by atoms with E-state index >= 15 is 0 Å². The monoisotopic (exact) mass is 517 g/mol. The number of pyridine rings is 2. The molecular formula is C21H17BrFN5O3S. The summed E-state index contributed by atoms with van der Waals surface area (Å²) in [6.07, 6.45) is 5.98. The molecule has 0 spiro atoms. The molecule has 0 saturated carbocycles. The Bertz CT molecular complexity index is 1440. The molecule has 0 radical (unpaired) electrons. The van der Waals surface area contributed by atoms with E-state index in [2.05, 4.69) is 31.0 Å². The number of nitrogens with zero attached hydrogens (tertiary/aromatic N) is 5. The van der Waals surface area contributed by atoms with Gasteiger partial charge in [0.1, 0.15) is 16.3 Å². The number of sulfonamides is 1. The van der Waals surface area contributed by atoms with Crippen LogP contribution in [0.4, 0.5) is 4.39 Å². The highest BCUT2D eigenvalue weighted by Crippen LogP contribution is 2.29. The van der Waals surface area contributed by atoms with Crippen LogP contribution in [0.25, 0.3) is 16.8 Å². The second-order valence-corrected chi connectivity index (χ2v) is 9.48. The third-order valence-electron chi connectivity index (χ3n) is 4.71. The van der Waals surface area contributed by atoms with E-state index in [1.807, 2.05) is 0 Å². The SMILES string of the molecule is COc1ccc(Br)cc1S(=O)(=O)N(C)/N=C/c1cnc2ccc(-c3cccnc3F)cn12.